The number of alkyl halides is 3. The van der Waals surface area contributed by atoms with Gasteiger partial charge < -0.3 is 9.47 Å². The molecular weight excluding hydrogens is 315 g/mol. The molecular formula is C11H12F3NO5S. The summed E-state index contributed by atoms with van der Waals surface area (Å²) >= 11 is 0. The molecule has 0 saturated carbocycles. The van der Waals surface area contributed by atoms with Crippen molar-refractivity contribution in [1.82, 2.24) is 0 Å². The molecule has 1 rings (SSSR count). The molecule has 0 spiro atoms. The van der Waals surface area contributed by atoms with Gasteiger partial charge in [-0.2, -0.15) is 0 Å². The van der Waals surface area contributed by atoms with Crippen molar-refractivity contribution in [3.63, 3.8) is 0 Å². The molecule has 118 valence electrons. The smallest absolute Gasteiger partial charge is 0.462 e. The van der Waals surface area contributed by atoms with Gasteiger partial charge in [0, 0.05) is 0 Å². The van der Waals surface area contributed by atoms with E-state index < -0.39 is 38.6 Å². The summed E-state index contributed by atoms with van der Waals surface area (Å²) < 4.78 is 68.0. The van der Waals surface area contributed by atoms with Gasteiger partial charge in [-0.15, -0.1) is 13.2 Å². The molecule has 0 aromatic heterocycles. The van der Waals surface area contributed by atoms with Gasteiger partial charge in [0.05, 0.1) is 12.2 Å². The first-order chi connectivity index (χ1) is 9.56. The standard InChI is InChI=1S/C11H12F3NO5S/c1-2-6-19-10(16)7-4-3-5-8(20-11(12,13)14)9(7)21(15,17)18/h3-5H,2,6H2,1H3,(H2,15,17,18). The Morgan fingerprint density at radius 2 is 1.95 bits per heavy atom. The zero-order chi connectivity index (χ0) is 16.3. The second kappa shape index (κ2) is 6.31. The van der Waals surface area contributed by atoms with Crippen molar-refractivity contribution in [2.75, 3.05) is 6.61 Å². The summed E-state index contributed by atoms with van der Waals surface area (Å²) in [5.74, 6) is -2.19. The average Bonchev–Trinajstić information content (AvgIpc) is 2.32. The predicted molar refractivity (Wildman–Crippen MR) is 65.1 cm³/mol. The number of hydrogen-bond acceptors (Lipinski definition) is 5. The Hall–Kier alpha value is -1.81. The molecule has 1 aromatic carbocycles. The van der Waals surface area contributed by atoms with Crippen LogP contribution in [0.2, 0.25) is 0 Å². The Morgan fingerprint density at radius 1 is 1.33 bits per heavy atom. The number of esters is 1. The lowest BCUT2D eigenvalue weighted by atomic mass is 10.2. The number of benzene rings is 1. The minimum atomic E-state index is -5.13. The lowest BCUT2D eigenvalue weighted by Gasteiger charge is -2.14. The number of ether oxygens (including phenoxy) is 2. The van der Waals surface area contributed by atoms with Crippen LogP contribution in [0.25, 0.3) is 0 Å². The van der Waals surface area contributed by atoms with Crippen LogP contribution < -0.4 is 9.88 Å². The summed E-state index contributed by atoms with van der Waals surface area (Å²) in [4.78, 5) is 10.6. The number of carbonyl (C=O) groups is 1. The van der Waals surface area contributed by atoms with Crippen molar-refractivity contribution >= 4 is 16.0 Å². The number of primary sulfonamides is 1. The third kappa shape index (κ3) is 4.90. The summed E-state index contributed by atoms with van der Waals surface area (Å²) in [6, 6.07) is 2.75. The highest BCUT2D eigenvalue weighted by atomic mass is 32.2. The van der Waals surface area contributed by atoms with Crippen LogP contribution in [-0.2, 0) is 14.8 Å². The Morgan fingerprint density at radius 3 is 2.43 bits per heavy atom. The van der Waals surface area contributed by atoms with E-state index in [1.807, 2.05) is 0 Å². The van der Waals surface area contributed by atoms with Gasteiger partial charge in [-0.3, -0.25) is 0 Å². The van der Waals surface area contributed by atoms with Crippen molar-refractivity contribution in [2.45, 2.75) is 24.6 Å². The monoisotopic (exact) mass is 327 g/mol. The van der Waals surface area contributed by atoms with Crippen molar-refractivity contribution in [3.8, 4) is 5.75 Å². The van der Waals surface area contributed by atoms with Crippen LogP contribution in [0.3, 0.4) is 0 Å². The molecule has 0 aliphatic rings. The fourth-order valence-electron chi connectivity index (χ4n) is 1.45. The quantitative estimate of drug-likeness (QED) is 0.832. The molecule has 0 amide bonds. The maximum absolute atomic E-state index is 12.3. The van der Waals surface area contributed by atoms with Gasteiger partial charge in [0.25, 0.3) is 0 Å². The summed E-state index contributed by atoms with van der Waals surface area (Å²) in [6.45, 7) is 1.67. The molecule has 0 aliphatic carbocycles. The minimum Gasteiger partial charge on any atom is -0.462 e. The molecule has 0 atom stereocenters. The molecule has 2 N–H and O–H groups in total. The number of halogens is 3. The maximum Gasteiger partial charge on any atom is 0.573 e. The highest BCUT2D eigenvalue weighted by molar-refractivity contribution is 7.89. The van der Waals surface area contributed by atoms with Gasteiger partial charge in [-0.05, 0) is 18.6 Å². The van der Waals surface area contributed by atoms with Crippen LogP contribution in [0.5, 0.6) is 5.75 Å². The highest BCUT2D eigenvalue weighted by Gasteiger charge is 2.35. The van der Waals surface area contributed by atoms with Crippen molar-refractivity contribution in [1.29, 1.82) is 0 Å². The van der Waals surface area contributed by atoms with Crippen molar-refractivity contribution in [2.24, 2.45) is 5.14 Å². The normalized spacial score (nSPS) is 12.0. The van der Waals surface area contributed by atoms with Gasteiger partial charge in [0.15, 0.2) is 0 Å². The van der Waals surface area contributed by atoms with Crippen LogP contribution in [0.15, 0.2) is 23.1 Å². The molecule has 0 bridgehead atoms. The van der Waals surface area contributed by atoms with Crippen LogP contribution in [0.4, 0.5) is 13.2 Å². The maximum atomic E-state index is 12.3. The Kier molecular flexibility index (Phi) is 5.18. The van der Waals surface area contributed by atoms with E-state index in [4.69, 9.17) is 9.88 Å². The van der Waals surface area contributed by atoms with Gasteiger partial charge in [0.2, 0.25) is 10.0 Å². The fourth-order valence-corrected chi connectivity index (χ4v) is 2.30. The van der Waals surface area contributed by atoms with E-state index in [1.165, 1.54) is 0 Å². The summed E-state index contributed by atoms with van der Waals surface area (Å²) in [5, 5.41) is 4.86. The number of carbonyl (C=O) groups excluding carboxylic acids is 1. The van der Waals surface area contributed by atoms with E-state index in [-0.39, 0.29) is 6.61 Å². The molecule has 0 saturated heterocycles. The van der Waals surface area contributed by atoms with Crippen LogP contribution in [-0.4, -0.2) is 27.4 Å². The molecule has 0 fully saturated rings. The highest BCUT2D eigenvalue weighted by Crippen LogP contribution is 2.31. The van der Waals surface area contributed by atoms with Crippen LogP contribution in [0, 0.1) is 0 Å². The summed E-state index contributed by atoms with van der Waals surface area (Å²) in [6.07, 6.45) is -4.68. The molecule has 0 aliphatic heterocycles. The third-order valence-electron chi connectivity index (χ3n) is 2.15. The Labute approximate surface area is 118 Å². The molecule has 0 unspecified atom stereocenters. The van der Waals surface area contributed by atoms with E-state index in [2.05, 4.69) is 4.74 Å². The molecule has 0 heterocycles. The molecule has 21 heavy (non-hydrogen) atoms. The second-order valence-corrected chi connectivity index (χ2v) is 5.36. The molecule has 6 nitrogen and oxygen atoms in total. The largest absolute Gasteiger partial charge is 0.573 e. The lowest BCUT2D eigenvalue weighted by molar-refractivity contribution is -0.275. The van der Waals surface area contributed by atoms with Gasteiger partial charge in [0.1, 0.15) is 10.6 Å². The zero-order valence-corrected chi connectivity index (χ0v) is 11.6. The van der Waals surface area contributed by atoms with E-state index in [0.29, 0.717) is 6.42 Å². The first-order valence-corrected chi connectivity index (χ1v) is 7.19. The first-order valence-electron chi connectivity index (χ1n) is 5.65. The van der Waals surface area contributed by atoms with Gasteiger partial charge >= 0.3 is 12.3 Å². The minimum absolute atomic E-state index is 0.0206. The zero-order valence-electron chi connectivity index (χ0n) is 10.8. The third-order valence-corrected chi connectivity index (χ3v) is 3.14. The fraction of sp³-hybridized carbons (Fsp3) is 0.364. The van der Waals surface area contributed by atoms with E-state index in [1.54, 1.807) is 6.92 Å². The summed E-state index contributed by atoms with van der Waals surface area (Å²) in [5.41, 5.74) is -0.618. The second-order valence-electron chi connectivity index (χ2n) is 3.86. The number of sulfonamides is 1. The van der Waals surface area contributed by atoms with Gasteiger partial charge in [-0.1, -0.05) is 13.0 Å². The molecule has 10 heteroatoms. The topological polar surface area (TPSA) is 95.7 Å². The Balaban J connectivity index is 3.39. The Bertz CT molecular complexity index is 627. The summed E-state index contributed by atoms with van der Waals surface area (Å²) in [7, 11) is -4.63. The SMILES string of the molecule is CCCOC(=O)c1cccc(OC(F)(F)F)c1S(N)(=O)=O. The molecule has 1 aromatic rings. The van der Waals surface area contributed by atoms with E-state index in [9.17, 15) is 26.4 Å². The predicted octanol–water partition coefficient (Wildman–Crippen LogP) is 1.80. The van der Waals surface area contributed by atoms with Gasteiger partial charge in [-0.25, -0.2) is 18.4 Å². The average molecular weight is 327 g/mol. The first kappa shape index (κ1) is 17.2. The lowest BCUT2D eigenvalue weighted by Crippen LogP contribution is -2.23. The number of nitrogens with two attached hydrogens (primary N) is 1. The number of hydrogen-bond donors (Lipinski definition) is 1. The van der Waals surface area contributed by atoms with E-state index in [0.717, 1.165) is 18.2 Å². The molecule has 0 radical (unpaired) electrons. The van der Waals surface area contributed by atoms with Crippen LogP contribution >= 0.6 is 0 Å². The number of rotatable bonds is 5. The van der Waals surface area contributed by atoms with Crippen molar-refractivity contribution < 1.29 is 35.9 Å². The van der Waals surface area contributed by atoms with E-state index >= 15 is 0 Å². The van der Waals surface area contributed by atoms with Crippen molar-refractivity contribution in [3.05, 3.63) is 23.8 Å². The van der Waals surface area contributed by atoms with Crippen LogP contribution in [0.1, 0.15) is 23.7 Å².